The summed E-state index contributed by atoms with van der Waals surface area (Å²) in [4.78, 5) is 6.61. The monoisotopic (exact) mass is 306 g/mol. The van der Waals surface area contributed by atoms with Crippen LogP contribution in [0.2, 0.25) is 0 Å². The Labute approximate surface area is 137 Å². The molecule has 1 saturated carbocycles. The van der Waals surface area contributed by atoms with Crippen LogP contribution < -0.4 is 5.73 Å². The Balaban J connectivity index is 2.11. The Kier molecular flexibility index (Phi) is 3.83. The summed E-state index contributed by atoms with van der Waals surface area (Å²) < 4.78 is 0. The van der Waals surface area contributed by atoms with Crippen LogP contribution >= 0.6 is 0 Å². The highest BCUT2D eigenvalue weighted by molar-refractivity contribution is 5.76. The number of nitrogens with zero attached hydrogens (tertiary/aromatic N) is 3. The topological polar surface area (TPSA) is 65.9 Å². The fourth-order valence-corrected chi connectivity index (χ4v) is 2.87. The SMILES string of the molecule is CN(C)Cc1cccc(-c2cc(C3(C)CC3)nc(N)c2C#N)c1. The van der Waals surface area contributed by atoms with E-state index in [0.717, 1.165) is 36.2 Å². The molecule has 118 valence electrons. The number of hydrogen-bond donors (Lipinski definition) is 1. The maximum atomic E-state index is 9.51. The van der Waals surface area contributed by atoms with Gasteiger partial charge in [0, 0.05) is 23.2 Å². The first-order valence-corrected chi connectivity index (χ1v) is 7.88. The van der Waals surface area contributed by atoms with Crippen LogP contribution in [0.4, 0.5) is 5.82 Å². The number of hydrogen-bond acceptors (Lipinski definition) is 4. The number of anilines is 1. The minimum Gasteiger partial charge on any atom is -0.383 e. The minimum absolute atomic E-state index is 0.123. The molecule has 1 aromatic heterocycles. The normalized spacial score (nSPS) is 15.4. The average molecular weight is 306 g/mol. The van der Waals surface area contributed by atoms with E-state index in [4.69, 9.17) is 5.73 Å². The third kappa shape index (κ3) is 3.06. The van der Waals surface area contributed by atoms with Crippen molar-refractivity contribution in [1.29, 1.82) is 5.26 Å². The summed E-state index contributed by atoms with van der Waals surface area (Å²) in [6, 6.07) is 12.6. The van der Waals surface area contributed by atoms with Gasteiger partial charge in [0.05, 0.1) is 0 Å². The zero-order valence-electron chi connectivity index (χ0n) is 13.9. The highest BCUT2D eigenvalue weighted by Crippen LogP contribution is 2.48. The van der Waals surface area contributed by atoms with E-state index in [1.807, 2.05) is 26.2 Å². The molecule has 3 rings (SSSR count). The van der Waals surface area contributed by atoms with Crippen molar-refractivity contribution >= 4 is 5.82 Å². The number of pyridine rings is 1. The molecule has 1 fully saturated rings. The van der Waals surface area contributed by atoms with Gasteiger partial charge in [-0.1, -0.05) is 25.1 Å². The lowest BCUT2D eigenvalue weighted by Gasteiger charge is -2.15. The standard InChI is InChI=1S/C19H22N4/c1-19(7-8-19)17-10-15(16(11-20)18(21)22-17)14-6-4-5-13(9-14)12-23(2)3/h4-6,9-10H,7-8,12H2,1-3H3,(H2,21,22). The molecule has 4 heteroatoms. The van der Waals surface area contributed by atoms with Gasteiger partial charge in [0.25, 0.3) is 0 Å². The molecule has 1 aliphatic carbocycles. The lowest BCUT2D eigenvalue weighted by Crippen LogP contribution is -2.11. The number of rotatable bonds is 4. The largest absolute Gasteiger partial charge is 0.383 e. The van der Waals surface area contributed by atoms with Crippen LogP contribution in [0.15, 0.2) is 30.3 Å². The number of aromatic nitrogens is 1. The lowest BCUT2D eigenvalue weighted by atomic mass is 9.95. The molecular formula is C19H22N4. The van der Waals surface area contributed by atoms with Crippen molar-refractivity contribution in [3.05, 3.63) is 47.2 Å². The fourth-order valence-electron chi connectivity index (χ4n) is 2.87. The summed E-state index contributed by atoms with van der Waals surface area (Å²) in [5.41, 5.74) is 10.8. The molecule has 0 amide bonds. The third-order valence-corrected chi connectivity index (χ3v) is 4.51. The summed E-state index contributed by atoms with van der Waals surface area (Å²) in [6.45, 7) is 3.06. The second-order valence-corrected chi connectivity index (χ2v) is 6.93. The second-order valence-electron chi connectivity index (χ2n) is 6.93. The first-order chi connectivity index (χ1) is 10.9. The van der Waals surface area contributed by atoms with Gasteiger partial charge in [-0.05, 0) is 50.2 Å². The van der Waals surface area contributed by atoms with Crippen LogP contribution in [0.25, 0.3) is 11.1 Å². The van der Waals surface area contributed by atoms with Gasteiger partial charge in [-0.25, -0.2) is 4.98 Å². The molecule has 0 atom stereocenters. The number of nitrogens with two attached hydrogens (primary N) is 1. The summed E-state index contributed by atoms with van der Waals surface area (Å²) in [5.74, 6) is 0.339. The molecule has 1 aliphatic rings. The van der Waals surface area contributed by atoms with Crippen LogP contribution in [-0.4, -0.2) is 24.0 Å². The number of benzene rings is 1. The predicted molar refractivity (Wildman–Crippen MR) is 92.8 cm³/mol. The highest BCUT2D eigenvalue weighted by atomic mass is 15.0. The third-order valence-electron chi connectivity index (χ3n) is 4.51. The molecule has 1 heterocycles. The molecule has 4 nitrogen and oxygen atoms in total. The van der Waals surface area contributed by atoms with E-state index in [1.54, 1.807) is 0 Å². The van der Waals surface area contributed by atoms with Gasteiger partial charge in [-0.2, -0.15) is 5.26 Å². The van der Waals surface area contributed by atoms with Crippen molar-refractivity contribution < 1.29 is 0 Å². The van der Waals surface area contributed by atoms with Crippen LogP contribution in [0.3, 0.4) is 0 Å². The summed E-state index contributed by atoms with van der Waals surface area (Å²) in [7, 11) is 4.09. The Morgan fingerprint density at radius 1 is 1.30 bits per heavy atom. The predicted octanol–water partition coefficient (Wildman–Crippen LogP) is 3.32. The van der Waals surface area contributed by atoms with Gasteiger partial charge in [0.15, 0.2) is 0 Å². The molecule has 1 aromatic carbocycles. The lowest BCUT2D eigenvalue weighted by molar-refractivity contribution is 0.402. The fraction of sp³-hybridized carbons (Fsp3) is 0.368. The van der Waals surface area contributed by atoms with E-state index in [0.29, 0.717) is 11.4 Å². The molecular weight excluding hydrogens is 284 g/mol. The van der Waals surface area contributed by atoms with E-state index < -0.39 is 0 Å². The first kappa shape index (κ1) is 15.5. The van der Waals surface area contributed by atoms with Gasteiger partial charge in [0.1, 0.15) is 17.5 Å². The molecule has 0 bridgehead atoms. The van der Waals surface area contributed by atoms with E-state index in [9.17, 15) is 5.26 Å². The second kappa shape index (κ2) is 5.68. The van der Waals surface area contributed by atoms with Crippen molar-refractivity contribution in [2.45, 2.75) is 31.7 Å². The quantitative estimate of drug-likeness (QED) is 0.941. The van der Waals surface area contributed by atoms with Gasteiger partial charge in [-0.3, -0.25) is 0 Å². The zero-order chi connectivity index (χ0) is 16.6. The van der Waals surface area contributed by atoms with Crippen LogP contribution in [0.1, 0.15) is 36.6 Å². The summed E-state index contributed by atoms with van der Waals surface area (Å²) in [5, 5.41) is 9.51. The average Bonchev–Trinajstić information content (AvgIpc) is 3.25. The van der Waals surface area contributed by atoms with Crippen LogP contribution in [0.5, 0.6) is 0 Å². The van der Waals surface area contributed by atoms with E-state index >= 15 is 0 Å². The van der Waals surface area contributed by atoms with Crippen molar-refractivity contribution in [2.75, 3.05) is 19.8 Å². The van der Waals surface area contributed by atoms with Gasteiger partial charge < -0.3 is 10.6 Å². The molecule has 23 heavy (non-hydrogen) atoms. The van der Waals surface area contributed by atoms with Crippen LogP contribution in [-0.2, 0) is 12.0 Å². The highest BCUT2D eigenvalue weighted by Gasteiger charge is 2.41. The van der Waals surface area contributed by atoms with Crippen molar-refractivity contribution in [1.82, 2.24) is 9.88 Å². The van der Waals surface area contributed by atoms with E-state index in [-0.39, 0.29) is 5.41 Å². The van der Waals surface area contributed by atoms with Gasteiger partial charge in [0.2, 0.25) is 0 Å². The Morgan fingerprint density at radius 2 is 2.04 bits per heavy atom. The molecule has 0 aliphatic heterocycles. The number of nitrogen functional groups attached to an aromatic ring is 1. The maximum Gasteiger partial charge on any atom is 0.142 e. The minimum atomic E-state index is 0.123. The smallest absolute Gasteiger partial charge is 0.142 e. The molecule has 0 spiro atoms. The molecule has 2 aromatic rings. The van der Waals surface area contributed by atoms with Gasteiger partial charge in [-0.15, -0.1) is 0 Å². The Morgan fingerprint density at radius 3 is 2.65 bits per heavy atom. The van der Waals surface area contributed by atoms with Gasteiger partial charge >= 0.3 is 0 Å². The molecule has 0 radical (unpaired) electrons. The number of nitriles is 1. The van der Waals surface area contributed by atoms with Crippen LogP contribution in [0, 0.1) is 11.3 Å². The molecule has 2 N–H and O–H groups in total. The first-order valence-electron chi connectivity index (χ1n) is 7.88. The Hall–Kier alpha value is -2.38. The van der Waals surface area contributed by atoms with Crippen molar-refractivity contribution in [3.63, 3.8) is 0 Å². The van der Waals surface area contributed by atoms with Crippen molar-refractivity contribution in [3.8, 4) is 17.2 Å². The van der Waals surface area contributed by atoms with E-state index in [2.05, 4.69) is 41.1 Å². The summed E-state index contributed by atoms with van der Waals surface area (Å²) in [6.07, 6.45) is 2.26. The molecule has 0 unspecified atom stereocenters. The Bertz CT molecular complexity index is 782. The summed E-state index contributed by atoms with van der Waals surface area (Å²) >= 11 is 0. The zero-order valence-corrected chi connectivity index (χ0v) is 13.9. The van der Waals surface area contributed by atoms with E-state index in [1.165, 1.54) is 5.56 Å². The molecule has 0 saturated heterocycles. The maximum absolute atomic E-state index is 9.51. The van der Waals surface area contributed by atoms with Crippen molar-refractivity contribution in [2.24, 2.45) is 0 Å².